The summed E-state index contributed by atoms with van der Waals surface area (Å²) in [7, 11) is 4.25. The molecular weight excluding hydrogens is 825 g/mol. The predicted molar refractivity (Wildman–Crippen MR) is 251 cm³/mol. The van der Waals surface area contributed by atoms with E-state index in [2.05, 4.69) is 54.7 Å². The highest BCUT2D eigenvalue weighted by molar-refractivity contribution is 6.35. The fraction of sp³-hybridized carbons (Fsp3) is 0.404. The van der Waals surface area contributed by atoms with Crippen LogP contribution in [0.1, 0.15) is 63.6 Å². The van der Waals surface area contributed by atoms with Gasteiger partial charge in [-0.15, -0.1) is 11.6 Å². The summed E-state index contributed by atoms with van der Waals surface area (Å²) in [4.78, 5) is 62.2. The van der Waals surface area contributed by atoms with Gasteiger partial charge in [0.15, 0.2) is 11.6 Å². The smallest absolute Gasteiger partial charge is 0.256 e. The minimum atomic E-state index is -0.399. The van der Waals surface area contributed by atoms with Gasteiger partial charge < -0.3 is 35.7 Å². The van der Waals surface area contributed by atoms with Gasteiger partial charge in [0.2, 0.25) is 0 Å². The molecule has 0 spiro atoms. The van der Waals surface area contributed by atoms with Crippen molar-refractivity contribution >= 4 is 78.1 Å². The number of Topliss-reactive ketones (excluding diaryl/α,β-unsaturated/α-hetero) is 2. The zero-order valence-electron chi connectivity index (χ0n) is 36.3. The number of carbonyl (C=O) groups excluding carboxylic acids is 4. The number of benzene rings is 2. The van der Waals surface area contributed by atoms with Crippen LogP contribution in [-0.4, -0.2) is 135 Å². The number of rotatable bonds is 9. The van der Waals surface area contributed by atoms with Gasteiger partial charge in [0, 0.05) is 119 Å². The van der Waals surface area contributed by atoms with E-state index in [-0.39, 0.29) is 57.3 Å². The van der Waals surface area contributed by atoms with Gasteiger partial charge in [-0.2, -0.15) is 0 Å². The molecule has 4 aromatic rings. The Morgan fingerprint density at radius 3 is 1.52 bits per heavy atom. The van der Waals surface area contributed by atoms with E-state index < -0.39 is 5.82 Å². The summed E-state index contributed by atoms with van der Waals surface area (Å²) in [6.45, 7) is 16.6. The Morgan fingerprint density at radius 2 is 1.11 bits per heavy atom. The van der Waals surface area contributed by atoms with Crippen LogP contribution < -0.4 is 16.0 Å². The van der Waals surface area contributed by atoms with Crippen LogP contribution in [0.15, 0.2) is 36.4 Å². The first kappa shape index (κ1) is 50.5. The molecule has 6 heterocycles. The largest absolute Gasteiger partial charge is 0.359 e. The van der Waals surface area contributed by atoms with Crippen molar-refractivity contribution in [2.24, 2.45) is 0 Å². The van der Waals surface area contributed by atoms with Crippen molar-refractivity contribution in [3.63, 3.8) is 0 Å². The number of ketones is 2. The molecule has 3 radical (unpaired) electrons. The number of fused-ring (bicyclic) bond motifs is 2. The van der Waals surface area contributed by atoms with E-state index >= 15 is 0 Å². The monoisotopic (exact) mass is 883 g/mol. The highest BCUT2D eigenvalue weighted by Crippen LogP contribution is 2.36. The normalized spacial score (nSPS) is 17.3. The zero-order valence-corrected chi connectivity index (χ0v) is 37.0. The van der Waals surface area contributed by atoms with E-state index in [9.17, 15) is 28.0 Å². The van der Waals surface area contributed by atoms with Gasteiger partial charge in [-0.05, 0) is 113 Å². The highest BCUT2D eigenvalue weighted by Gasteiger charge is 2.27. The third-order valence-corrected chi connectivity index (χ3v) is 11.9. The number of likely N-dealkylation sites (N-methyl/N-ethyl adjacent to an activating group) is 2. The quantitative estimate of drug-likeness (QED) is 0.0782. The van der Waals surface area contributed by atoms with Gasteiger partial charge in [0.1, 0.15) is 11.6 Å². The second kappa shape index (κ2) is 22.4. The van der Waals surface area contributed by atoms with E-state index in [4.69, 9.17) is 11.6 Å². The summed E-state index contributed by atoms with van der Waals surface area (Å²) in [6, 6.07) is 8.45. The molecule has 4 aliphatic rings. The SMILES string of the molecule is C.CN1CCNCC1.Cc1[nH]c(/C=C2\C(=O)Nc3ccc(F)cc32)c(C)c1CC(=O)CCl.Cc1[nH]c(/C=C2\C(=O)Nc3ccc(F)cc32)c(C)c1CC(=O)CN1CCN(C)CC1.[B]. The summed E-state index contributed by atoms with van der Waals surface area (Å²) in [6.07, 6.45) is 4.05. The summed E-state index contributed by atoms with van der Waals surface area (Å²) >= 11 is 5.58. The van der Waals surface area contributed by atoms with E-state index in [1.807, 2.05) is 27.7 Å². The van der Waals surface area contributed by atoms with Gasteiger partial charge in [-0.1, -0.05) is 7.43 Å². The molecule has 5 N–H and O–H groups in total. The fourth-order valence-electron chi connectivity index (χ4n) is 7.87. The van der Waals surface area contributed by atoms with Crippen LogP contribution in [0.5, 0.6) is 0 Å². The molecule has 0 unspecified atom stereocenters. The Hall–Kier alpha value is -5.19. The molecule has 0 bridgehead atoms. The highest BCUT2D eigenvalue weighted by atomic mass is 35.5. The third kappa shape index (κ3) is 12.5. The van der Waals surface area contributed by atoms with Gasteiger partial charge >= 0.3 is 0 Å². The molecule has 0 saturated carbocycles. The van der Waals surface area contributed by atoms with Gasteiger partial charge in [0.25, 0.3) is 11.8 Å². The average Bonchev–Trinajstić information content (AvgIpc) is 3.89. The van der Waals surface area contributed by atoms with Crippen LogP contribution in [0.3, 0.4) is 0 Å². The Morgan fingerprint density at radius 1 is 0.683 bits per heavy atom. The number of hydrogen-bond acceptors (Lipinski definition) is 8. The number of H-pyrrole nitrogens is 2. The second-order valence-electron chi connectivity index (χ2n) is 16.1. The van der Waals surface area contributed by atoms with Crippen LogP contribution in [0, 0.1) is 39.3 Å². The first-order chi connectivity index (χ1) is 29.1. The topological polar surface area (TPSA) is 146 Å². The van der Waals surface area contributed by atoms with Crippen LogP contribution in [0.2, 0.25) is 0 Å². The van der Waals surface area contributed by atoms with Crippen molar-refractivity contribution in [1.82, 2.24) is 30.0 Å². The number of aromatic nitrogens is 2. The number of carbonyl (C=O) groups is 4. The molecule has 335 valence electrons. The predicted octanol–water partition coefficient (Wildman–Crippen LogP) is 6.01. The number of aryl methyl sites for hydroxylation is 2. The summed E-state index contributed by atoms with van der Waals surface area (Å²) in [5.41, 5.74) is 10.1. The molecule has 63 heavy (non-hydrogen) atoms. The first-order valence-electron chi connectivity index (χ1n) is 20.5. The molecule has 0 atom stereocenters. The number of hydrogen-bond donors (Lipinski definition) is 5. The van der Waals surface area contributed by atoms with Gasteiger partial charge in [0.05, 0.1) is 23.6 Å². The molecule has 2 saturated heterocycles. The Balaban J connectivity index is 0.000000236. The van der Waals surface area contributed by atoms with E-state index in [1.54, 1.807) is 24.3 Å². The third-order valence-electron chi connectivity index (χ3n) is 11.6. The average molecular weight is 884 g/mol. The van der Waals surface area contributed by atoms with Crippen molar-refractivity contribution in [2.45, 2.75) is 48.0 Å². The molecule has 2 amide bonds. The molecule has 8 rings (SSSR count). The van der Waals surface area contributed by atoms with Crippen LogP contribution in [0.25, 0.3) is 23.3 Å². The standard InChI is InChI=1S/C23H27FN4O2.C18H16ClFN2O2.C5H12N2.CH4.B/c1-14-18(11-17(29)13-28-8-6-27(3)7-9-28)15(2)25-22(14)12-20-19-10-16(24)4-5-21(19)26-23(20)30;1-9-13(6-12(23)8-19)10(2)21-17(9)7-15-14-5-11(20)3-4-16(14)22-18(15)24;1-7-4-2-6-3-5-7;;/h4-5,10,12,25H,6-9,11,13H2,1-3H3,(H,26,30);3-5,7,21H,6,8H2,1-2H3,(H,22,24);6H,2-5H2,1H3;1H4;/b20-12-;15-7-;;;. The molecule has 4 aliphatic heterocycles. The lowest BCUT2D eigenvalue weighted by Crippen LogP contribution is -2.46. The van der Waals surface area contributed by atoms with Crippen molar-refractivity contribution in [3.05, 3.63) is 104 Å². The molecule has 2 aromatic heterocycles. The van der Waals surface area contributed by atoms with Crippen LogP contribution >= 0.6 is 11.6 Å². The number of alkyl halides is 1. The van der Waals surface area contributed by atoms with Crippen molar-refractivity contribution in [3.8, 4) is 0 Å². The van der Waals surface area contributed by atoms with Crippen molar-refractivity contribution < 1.29 is 28.0 Å². The second-order valence-corrected chi connectivity index (χ2v) is 16.4. The fourth-order valence-corrected chi connectivity index (χ4v) is 7.97. The van der Waals surface area contributed by atoms with Crippen LogP contribution in [-0.2, 0) is 32.0 Å². The summed E-state index contributed by atoms with van der Waals surface area (Å²) in [5.74, 6) is -1.22. The van der Waals surface area contributed by atoms with Crippen molar-refractivity contribution in [2.75, 3.05) is 89.5 Å². The minimum Gasteiger partial charge on any atom is -0.359 e. The Labute approximate surface area is 376 Å². The maximum Gasteiger partial charge on any atom is 0.256 e. The number of nitrogens with zero attached hydrogens (tertiary/aromatic N) is 3. The van der Waals surface area contributed by atoms with Gasteiger partial charge in [-0.25, -0.2) is 8.78 Å². The first-order valence-corrected chi connectivity index (χ1v) is 21.1. The summed E-state index contributed by atoms with van der Waals surface area (Å²) < 4.78 is 27.2. The number of anilines is 2. The number of aromatic amines is 2. The molecule has 2 aromatic carbocycles. The lowest BCUT2D eigenvalue weighted by molar-refractivity contribution is -0.120. The maximum absolute atomic E-state index is 13.7. The van der Waals surface area contributed by atoms with E-state index in [0.29, 0.717) is 46.6 Å². The van der Waals surface area contributed by atoms with E-state index in [0.717, 1.165) is 84.3 Å². The van der Waals surface area contributed by atoms with E-state index in [1.165, 1.54) is 37.4 Å². The lowest BCUT2D eigenvalue weighted by Gasteiger charge is -2.31. The molecule has 2 fully saturated rings. The van der Waals surface area contributed by atoms with Crippen LogP contribution in [0.4, 0.5) is 20.2 Å². The molecule has 16 heteroatoms. The lowest BCUT2D eigenvalue weighted by atomic mass is 10.0. The van der Waals surface area contributed by atoms with Gasteiger partial charge in [-0.3, -0.25) is 24.1 Å². The summed E-state index contributed by atoms with van der Waals surface area (Å²) in [5, 5.41) is 8.76. The number of halogens is 3. The minimum absolute atomic E-state index is 0. The molecule has 0 aliphatic carbocycles. The number of amides is 2. The number of nitrogens with one attached hydrogen (secondary N) is 5. The maximum atomic E-state index is 13.7. The number of piperazine rings is 2. The molecular formula is C47H59BClF2N8O4. The Bertz CT molecular complexity index is 2380. The molecule has 12 nitrogen and oxygen atoms in total. The van der Waals surface area contributed by atoms with Crippen molar-refractivity contribution in [1.29, 1.82) is 0 Å². The Kier molecular flexibility index (Phi) is 18.0. The zero-order chi connectivity index (χ0) is 44.0.